The molecule has 1 atom stereocenters. The van der Waals surface area contributed by atoms with Crippen LogP contribution in [0.25, 0.3) is 22.8 Å². The van der Waals surface area contributed by atoms with Crippen LogP contribution in [0.4, 0.5) is 0 Å². The molecule has 3 N–H and O–H groups in total. The van der Waals surface area contributed by atoms with Crippen molar-refractivity contribution in [2.24, 2.45) is 0 Å². The molecule has 38 heavy (non-hydrogen) atoms. The summed E-state index contributed by atoms with van der Waals surface area (Å²) in [6.07, 6.45) is 1.85. The van der Waals surface area contributed by atoms with E-state index in [0.29, 0.717) is 23.9 Å². The van der Waals surface area contributed by atoms with Crippen LogP contribution in [0, 0.1) is 6.92 Å². The summed E-state index contributed by atoms with van der Waals surface area (Å²) in [5.74, 6) is 1.14. The first-order chi connectivity index (χ1) is 18.3. The molecule has 1 amide bonds. The number of aryl methyl sites for hydroxylation is 3. The van der Waals surface area contributed by atoms with Crippen molar-refractivity contribution in [2.45, 2.75) is 59.6 Å². The third-order valence-corrected chi connectivity index (χ3v) is 6.35. The lowest BCUT2D eigenvalue weighted by atomic mass is 10.0. The Labute approximate surface area is 224 Å². The Morgan fingerprint density at radius 1 is 1.13 bits per heavy atom. The summed E-state index contributed by atoms with van der Waals surface area (Å²) in [5.41, 5.74) is 6.06. The maximum atomic E-state index is 11.2. The lowest BCUT2D eigenvalue weighted by Gasteiger charge is -2.17. The van der Waals surface area contributed by atoms with Gasteiger partial charge in [0.05, 0.1) is 0 Å². The van der Waals surface area contributed by atoms with E-state index in [4.69, 9.17) is 19.4 Å². The van der Waals surface area contributed by atoms with Crippen LogP contribution in [0.15, 0.2) is 34.9 Å². The van der Waals surface area contributed by atoms with E-state index in [1.54, 1.807) is 0 Å². The summed E-state index contributed by atoms with van der Waals surface area (Å²) in [6, 6.07) is 10.4. The van der Waals surface area contributed by atoms with Gasteiger partial charge in [-0.15, -0.1) is 0 Å². The summed E-state index contributed by atoms with van der Waals surface area (Å²) < 4.78 is 11.6. The molecular formula is C29H40N4O5. The molecule has 0 aliphatic carbocycles. The number of nitrogens with zero attached hydrogens (tertiary/aromatic N) is 3. The fourth-order valence-corrected chi connectivity index (χ4v) is 4.26. The predicted octanol–water partition coefficient (Wildman–Crippen LogP) is 3.53. The number of aromatic nitrogens is 2. The van der Waals surface area contributed by atoms with E-state index in [0.717, 1.165) is 48.2 Å². The van der Waals surface area contributed by atoms with Crippen molar-refractivity contribution in [1.29, 1.82) is 0 Å². The smallest absolute Gasteiger partial charge is 0.258 e. The highest BCUT2D eigenvalue weighted by molar-refractivity contribution is 5.76. The number of amides is 1. The van der Waals surface area contributed by atoms with Crippen molar-refractivity contribution in [2.75, 3.05) is 33.4 Å². The topological polar surface area (TPSA) is 121 Å². The van der Waals surface area contributed by atoms with Gasteiger partial charge in [-0.2, -0.15) is 4.98 Å². The van der Waals surface area contributed by atoms with Gasteiger partial charge in [0.25, 0.3) is 5.89 Å². The molecule has 1 unspecified atom stereocenters. The molecule has 0 radical (unpaired) electrons. The number of rotatable bonds is 14. The minimum atomic E-state index is -0.903. The highest BCUT2D eigenvalue weighted by atomic mass is 16.5. The summed E-state index contributed by atoms with van der Waals surface area (Å²) in [7, 11) is 2.11. The molecule has 0 bridgehead atoms. The molecule has 2 aromatic carbocycles. The Hall–Kier alpha value is -3.27. The van der Waals surface area contributed by atoms with Gasteiger partial charge in [0.1, 0.15) is 25.1 Å². The van der Waals surface area contributed by atoms with E-state index in [1.807, 2.05) is 26.0 Å². The number of hydrogen-bond acceptors (Lipinski definition) is 8. The van der Waals surface area contributed by atoms with Gasteiger partial charge in [-0.1, -0.05) is 38.4 Å². The predicted molar refractivity (Wildman–Crippen MR) is 147 cm³/mol. The monoisotopic (exact) mass is 524 g/mol. The van der Waals surface area contributed by atoms with Gasteiger partial charge in [-0.05, 0) is 79.9 Å². The highest BCUT2D eigenvalue weighted by Gasteiger charge is 2.17. The lowest BCUT2D eigenvalue weighted by Crippen LogP contribution is -2.36. The summed E-state index contributed by atoms with van der Waals surface area (Å²) in [6.45, 7) is 9.49. The van der Waals surface area contributed by atoms with Gasteiger partial charge in [-0.3, -0.25) is 4.79 Å². The van der Waals surface area contributed by atoms with E-state index < -0.39 is 18.6 Å². The highest BCUT2D eigenvalue weighted by Crippen LogP contribution is 2.32. The van der Waals surface area contributed by atoms with Gasteiger partial charge in [0, 0.05) is 24.2 Å². The maximum absolute atomic E-state index is 11.2. The van der Waals surface area contributed by atoms with Crippen LogP contribution in [0.1, 0.15) is 49.4 Å². The molecule has 0 saturated heterocycles. The van der Waals surface area contributed by atoms with Crippen molar-refractivity contribution in [1.82, 2.24) is 20.4 Å². The molecular weight excluding hydrogens is 484 g/mol. The molecule has 1 aromatic heterocycles. The maximum Gasteiger partial charge on any atom is 0.258 e. The lowest BCUT2D eigenvalue weighted by molar-refractivity contribution is -0.124. The van der Waals surface area contributed by atoms with Crippen LogP contribution in [0.2, 0.25) is 0 Å². The van der Waals surface area contributed by atoms with Crippen LogP contribution in [-0.2, 0) is 24.2 Å². The number of hydrogen-bond donors (Lipinski definition) is 3. The van der Waals surface area contributed by atoms with Gasteiger partial charge in [0.15, 0.2) is 0 Å². The largest absolute Gasteiger partial charge is 0.490 e. The van der Waals surface area contributed by atoms with E-state index in [-0.39, 0.29) is 13.2 Å². The zero-order chi connectivity index (χ0) is 27.7. The average molecular weight is 525 g/mol. The number of aliphatic hydroxyl groups excluding tert-OH is 2. The normalized spacial score (nSPS) is 12.1. The van der Waals surface area contributed by atoms with E-state index in [2.05, 4.69) is 54.5 Å². The number of carbonyl (C=O) groups excluding carboxylic acids is 1. The van der Waals surface area contributed by atoms with Gasteiger partial charge in [-0.25, -0.2) is 0 Å². The van der Waals surface area contributed by atoms with Crippen LogP contribution >= 0.6 is 0 Å². The summed E-state index contributed by atoms with van der Waals surface area (Å²) >= 11 is 0. The quantitative estimate of drug-likeness (QED) is 0.293. The van der Waals surface area contributed by atoms with Crippen LogP contribution in [0.3, 0.4) is 0 Å². The van der Waals surface area contributed by atoms with Crippen molar-refractivity contribution in [3.05, 3.63) is 52.6 Å². The second-order valence-corrected chi connectivity index (χ2v) is 9.60. The minimum absolute atomic E-state index is 0.000475. The number of nitrogens with one attached hydrogen (secondary N) is 1. The Kier molecular flexibility index (Phi) is 10.8. The SMILES string of the molecule is CCCc1cc(CN(C)CC)cc(-c2nc(-c3cc(C)c(OCC(O)CNC(=O)CO)c(CC)c3)no2)c1. The van der Waals surface area contributed by atoms with E-state index >= 15 is 0 Å². The van der Waals surface area contributed by atoms with E-state index in [1.165, 1.54) is 11.1 Å². The van der Waals surface area contributed by atoms with Crippen molar-refractivity contribution in [3.8, 4) is 28.6 Å². The zero-order valence-corrected chi connectivity index (χ0v) is 23.1. The van der Waals surface area contributed by atoms with Gasteiger partial charge >= 0.3 is 0 Å². The Morgan fingerprint density at radius 2 is 1.89 bits per heavy atom. The molecule has 0 saturated carbocycles. The molecule has 0 aliphatic rings. The molecule has 9 nitrogen and oxygen atoms in total. The zero-order valence-electron chi connectivity index (χ0n) is 23.1. The first-order valence-electron chi connectivity index (χ1n) is 13.3. The fraction of sp³-hybridized carbons (Fsp3) is 0.483. The average Bonchev–Trinajstić information content (AvgIpc) is 3.41. The second-order valence-electron chi connectivity index (χ2n) is 9.60. The molecule has 0 aliphatic heterocycles. The Balaban J connectivity index is 1.82. The molecule has 206 valence electrons. The third kappa shape index (κ3) is 7.86. The van der Waals surface area contributed by atoms with Crippen molar-refractivity contribution < 1.29 is 24.3 Å². The van der Waals surface area contributed by atoms with E-state index in [9.17, 15) is 9.90 Å². The summed E-state index contributed by atoms with van der Waals surface area (Å²) in [4.78, 5) is 18.2. The summed E-state index contributed by atoms with van der Waals surface area (Å²) in [5, 5.41) is 25.6. The first kappa shape index (κ1) is 29.3. The van der Waals surface area contributed by atoms with Gasteiger partial charge in [0.2, 0.25) is 11.7 Å². The standard InChI is InChI=1S/C29H40N4O5/c1-6-9-20-11-21(16-33(5)8-3)13-24(12-20)29-31-28(32-38-29)23-10-19(4)27(22(7-2)14-23)37-18-25(35)15-30-26(36)17-34/h10-14,25,34-35H,6-9,15-18H2,1-5H3,(H,30,36). The number of aliphatic hydroxyl groups is 2. The fourth-order valence-electron chi connectivity index (χ4n) is 4.26. The molecule has 3 rings (SSSR count). The number of benzene rings is 2. The Bertz CT molecular complexity index is 1210. The second kappa shape index (κ2) is 14.0. The minimum Gasteiger partial charge on any atom is -0.490 e. The number of carbonyl (C=O) groups is 1. The third-order valence-electron chi connectivity index (χ3n) is 6.35. The van der Waals surface area contributed by atoms with Crippen molar-refractivity contribution >= 4 is 5.91 Å². The van der Waals surface area contributed by atoms with Crippen LogP contribution in [0.5, 0.6) is 5.75 Å². The number of ether oxygens (including phenoxy) is 1. The molecule has 0 fully saturated rings. The van der Waals surface area contributed by atoms with Crippen LogP contribution < -0.4 is 10.1 Å². The first-order valence-corrected chi connectivity index (χ1v) is 13.3. The molecule has 1 heterocycles. The molecule has 9 heteroatoms. The molecule has 0 spiro atoms. The van der Waals surface area contributed by atoms with Gasteiger partial charge < -0.3 is 29.7 Å². The van der Waals surface area contributed by atoms with Crippen LogP contribution in [-0.4, -0.2) is 70.6 Å². The molecule has 3 aromatic rings. The Morgan fingerprint density at radius 3 is 2.58 bits per heavy atom. The van der Waals surface area contributed by atoms with Crippen molar-refractivity contribution in [3.63, 3.8) is 0 Å².